The normalized spacial score (nSPS) is 52.6. The molecule has 4 nitrogen and oxygen atoms in total. The quantitative estimate of drug-likeness (QED) is 0.437. The van der Waals surface area contributed by atoms with Gasteiger partial charge in [0.15, 0.2) is 6.29 Å². The van der Waals surface area contributed by atoms with Crippen molar-refractivity contribution in [3.8, 4) is 0 Å². The lowest BCUT2D eigenvalue weighted by atomic mass is 9.89. The van der Waals surface area contributed by atoms with E-state index in [2.05, 4.69) is 0 Å². The molecule has 1 fully saturated rings. The van der Waals surface area contributed by atoms with Crippen LogP contribution in [0.25, 0.3) is 0 Å². The minimum Gasteiger partial charge on any atom is -0.387 e. The second kappa shape index (κ2) is 2.71. The minimum atomic E-state index is -1.24. The molecule has 0 spiro atoms. The molecule has 0 bridgehead atoms. The highest BCUT2D eigenvalue weighted by Crippen LogP contribution is 2.27. The maximum atomic E-state index is 9.49. The fourth-order valence-electron chi connectivity index (χ4n) is 1.35. The molecule has 1 saturated heterocycles. The Labute approximate surface area is 65.4 Å². The molecule has 4 atom stereocenters. The van der Waals surface area contributed by atoms with E-state index in [1.54, 1.807) is 6.92 Å². The second-order valence-corrected chi connectivity index (χ2v) is 3.30. The van der Waals surface area contributed by atoms with Crippen LogP contribution >= 0.6 is 0 Å². The van der Waals surface area contributed by atoms with Gasteiger partial charge in [-0.05, 0) is 13.8 Å². The molecule has 0 aromatic heterocycles. The molecule has 0 aromatic carbocycles. The summed E-state index contributed by atoms with van der Waals surface area (Å²) in [6.07, 6.45) is -2.36. The topological polar surface area (TPSA) is 69.9 Å². The lowest BCUT2D eigenvalue weighted by molar-refractivity contribution is -0.256. The van der Waals surface area contributed by atoms with Crippen molar-refractivity contribution >= 4 is 0 Å². The van der Waals surface area contributed by atoms with Gasteiger partial charge in [-0.2, -0.15) is 0 Å². The molecule has 1 aliphatic rings. The maximum Gasteiger partial charge on any atom is 0.157 e. The van der Waals surface area contributed by atoms with Crippen LogP contribution in [0, 0.1) is 0 Å². The average Bonchev–Trinajstić information content (AvgIpc) is 1.81. The molecule has 11 heavy (non-hydrogen) atoms. The zero-order chi connectivity index (χ0) is 8.65. The Hall–Kier alpha value is -0.160. The highest BCUT2D eigenvalue weighted by atomic mass is 16.6. The van der Waals surface area contributed by atoms with Gasteiger partial charge in [-0.15, -0.1) is 0 Å². The van der Waals surface area contributed by atoms with Crippen molar-refractivity contribution in [2.45, 2.75) is 44.4 Å². The molecule has 0 aliphatic carbocycles. The highest BCUT2D eigenvalue weighted by Gasteiger charge is 2.42. The van der Waals surface area contributed by atoms with E-state index in [1.807, 2.05) is 0 Å². The summed E-state index contributed by atoms with van der Waals surface area (Å²) in [4.78, 5) is 0. The van der Waals surface area contributed by atoms with Crippen molar-refractivity contribution in [1.82, 2.24) is 0 Å². The summed E-state index contributed by atoms with van der Waals surface area (Å²) < 4.78 is 4.88. The Morgan fingerprint density at radius 2 is 2.00 bits per heavy atom. The van der Waals surface area contributed by atoms with Crippen molar-refractivity contribution in [1.29, 1.82) is 0 Å². The minimum absolute atomic E-state index is 0.0541. The number of aliphatic hydroxyl groups is 3. The van der Waals surface area contributed by atoms with Crippen molar-refractivity contribution < 1.29 is 20.1 Å². The van der Waals surface area contributed by atoms with E-state index in [4.69, 9.17) is 9.84 Å². The zero-order valence-electron chi connectivity index (χ0n) is 6.69. The van der Waals surface area contributed by atoms with Crippen LogP contribution in [0.15, 0.2) is 0 Å². The third kappa shape index (κ3) is 1.70. The van der Waals surface area contributed by atoms with E-state index in [0.29, 0.717) is 0 Å². The summed E-state index contributed by atoms with van der Waals surface area (Å²) in [5, 5.41) is 27.9. The first-order chi connectivity index (χ1) is 4.93. The van der Waals surface area contributed by atoms with E-state index < -0.39 is 24.1 Å². The molecule has 1 heterocycles. The van der Waals surface area contributed by atoms with Crippen LogP contribution in [0.4, 0.5) is 0 Å². The fraction of sp³-hybridized carbons (Fsp3) is 1.00. The summed E-state index contributed by atoms with van der Waals surface area (Å²) in [6, 6.07) is 0. The number of aliphatic hydroxyl groups excluding tert-OH is 2. The molecule has 66 valence electrons. The van der Waals surface area contributed by atoms with E-state index >= 15 is 0 Å². The SMILES string of the molecule is C[C@H]1OC(O)CC(C)(O)[C@H]1O. The Morgan fingerprint density at radius 1 is 1.45 bits per heavy atom. The van der Waals surface area contributed by atoms with Gasteiger partial charge in [0.25, 0.3) is 0 Å². The first-order valence-electron chi connectivity index (χ1n) is 3.67. The van der Waals surface area contributed by atoms with E-state index in [9.17, 15) is 10.2 Å². The summed E-state index contributed by atoms with van der Waals surface area (Å²) in [7, 11) is 0. The summed E-state index contributed by atoms with van der Waals surface area (Å²) >= 11 is 0. The van der Waals surface area contributed by atoms with Crippen LogP contribution in [-0.4, -0.2) is 39.4 Å². The number of rotatable bonds is 0. The molecule has 4 heteroatoms. The highest BCUT2D eigenvalue weighted by molar-refractivity contribution is 4.90. The van der Waals surface area contributed by atoms with Gasteiger partial charge in [0.1, 0.15) is 6.10 Å². The van der Waals surface area contributed by atoms with Gasteiger partial charge in [-0.25, -0.2) is 0 Å². The molecule has 1 aliphatic heterocycles. The van der Waals surface area contributed by atoms with Crippen molar-refractivity contribution in [2.24, 2.45) is 0 Å². The van der Waals surface area contributed by atoms with E-state index in [1.165, 1.54) is 6.92 Å². The van der Waals surface area contributed by atoms with Crippen molar-refractivity contribution in [3.63, 3.8) is 0 Å². The molecule has 0 aromatic rings. The lowest BCUT2D eigenvalue weighted by Gasteiger charge is -2.40. The van der Waals surface area contributed by atoms with Crippen molar-refractivity contribution in [2.75, 3.05) is 0 Å². The Bertz CT molecular complexity index is 145. The van der Waals surface area contributed by atoms with Crippen LogP contribution < -0.4 is 0 Å². The van der Waals surface area contributed by atoms with Crippen LogP contribution in [0.1, 0.15) is 20.3 Å². The fourth-order valence-corrected chi connectivity index (χ4v) is 1.35. The van der Waals surface area contributed by atoms with E-state index in [0.717, 1.165) is 0 Å². The molecular formula is C7H14O4. The summed E-state index contributed by atoms with van der Waals surface area (Å²) in [5.74, 6) is 0. The summed E-state index contributed by atoms with van der Waals surface area (Å²) in [6.45, 7) is 3.10. The van der Waals surface area contributed by atoms with Gasteiger partial charge < -0.3 is 20.1 Å². The molecule has 1 rings (SSSR count). The molecule has 3 N–H and O–H groups in total. The predicted molar refractivity (Wildman–Crippen MR) is 37.8 cm³/mol. The molecule has 0 amide bonds. The molecule has 0 saturated carbocycles. The third-order valence-corrected chi connectivity index (χ3v) is 2.04. The number of hydrogen-bond acceptors (Lipinski definition) is 4. The van der Waals surface area contributed by atoms with Gasteiger partial charge in [-0.1, -0.05) is 0 Å². The van der Waals surface area contributed by atoms with Crippen LogP contribution in [0.5, 0.6) is 0 Å². The molecule has 2 unspecified atom stereocenters. The lowest BCUT2D eigenvalue weighted by Crippen LogP contribution is -2.54. The van der Waals surface area contributed by atoms with Gasteiger partial charge >= 0.3 is 0 Å². The van der Waals surface area contributed by atoms with Crippen LogP contribution in [0.2, 0.25) is 0 Å². The maximum absolute atomic E-state index is 9.49. The smallest absolute Gasteiger partial charge is 0.157 e. The Morgan fingerprint density at radius 3 is 2.45 bits per heavy atom. The van der Waals surface area contributed by atoms with Crippen LogP contribution in [0.3, 0.4) is 0 Å². The predicted octanol–water partition coefficient (Wildman–Crippen LogP) is -0.775. The largest absolute Gasteiger partial charge is 0.387 e. The monoisotopic (exact) mass is 162 g/mol. The Kier molecular flexibility index (Phi) is 2.20. The molecular weight excluding hydrogens is 148 g/mol. The van der Waals surface area contributed by atoms with Crippen LogP contribution in [-0.2, 0) is 4.74 Å². The first kappa shape index (κ1) is 8.93. The zero-order valence-corrected chi connectivity index (χ0v) is 6.69. The van der Waals surface area contributed by atoms with Gasteiger partial charge in [0, 0.05) is 6.42 Å². The molecule has 0 radical (unpaired) electrons. The second-order valence-electron chi connectivity index (χ2n) is 3.30. The standard InChI is InChI=1S/C7H14O4/c1-4-6(9)7(2,10)3-5(8)11-4/h4-6,8-10H,3H2,1-2H3/t4-,5?,6+,7?/m1/s1. The number of hydrogen-bond donors (Lipinski definition) is 3. The van der Waals surface area contributed by atoms with E-state index in [-0.39, 0.29) is 6.42 Å². The first-order valence-corrected chi connectivity index (χ1v) is 3.67. The third-order valence-electron chi connectivity index (χ3n) is 2.04. The van der Waals surface area contributed by atoms with Gasteiger partial charge in [0.2, 0.25) is 0 Å². The van der Waals surface area contributed by atoms with Crippen molar-refractivity contribution in [3.05, 3.63) is 0 Å². The average molecular weight is 162 g/mol. The Balaban J connectivity index is 2.67. The van der Waals surface area contributed by atoms with Gasteiger partial charge in [0.05, 0.1) is 11.7 Å². The summed E-state index contributed by atoms with van der Waals surface area (Å²) in [5.41, 5.74) is -1.24. The van der Waals surface area contributed by atoms with Gasteiger partial charge in [-0.3, -0.25) is 0 Å². The number of ether oxygens (including phenoxy) is 1.